The molecule has 0 bridgehead atoms. The standard InChI is InChI=1S/C9H5Br2FO/c1-4-5-2-8(11)13-9(5)6(10)3-7(4)12/h2-3H,1H3. The second-order valence-electron chi connectivity index (χ2n) is 2.76. The molecule has 0 radical (unpaired) electrons. The van der Waals surface area contributed by atoms with Gasteiger partial charge in [-0.05, 0) is 56.5 Å². The van der Waals surface area contributed by atoms with Crippen molar-refractivity contribution in [2.24, 2.45) is 0 Å². The highest BCUT2D eigenvalue weighted by atomic mass is 79.9. The van der Waals surface area contributed by atoms with Crippen molar-refractivity contribution in [2.75, 3.05) is 0 Å². The third-order valence-electron chi connectivity index (χ3n) is 1.93. The van der Waals surface area contributed by atoms with Crippen molar-refractivity contribution in [3.05, 3.63) is 32.7 Å². The summed E-state index contributed by atoms with van der Waals surface area (Å²) >= 11 is 6.45. The molecule has 1 aromatic carbocycles. The maximum absolute atomic E-state index is 13.2. The summed E-state index contributed by atoms with van der Waals surface area (Å²) in [5.74, 6) is -0.229. The monoisotopic (exact) mass is 306 g/mol. The quantitative estimate of drug-likeness (QED) is 0.703. The normalized spacial score (nSPS) is 11.1. The van der Waals surface area contributed by atoms with E-state index in [9.17, 15) is 4.39 Å². The van der Waals surface area contributed by atoms with Crippen LogP contribution in [0.15, 0.2) is 25.7 Å². The number of halogens is 3. The summed E-state index contributed by atoms with van der Waals surface area (Å²) in [6.45, 7) is 1.73. The summed E-state index contributed by atoms with van der Waals surface area (Å²) in [7, 11) is 0. The topological polar surface area (TPSA) is 13.1 Å². The van der Waals surface area contributed by atoms with E-state index in [-0.39, 0.29) is 5.82 Å². The van der Waals surface area contributed by atoms with Gasteiger partial charge in [-0.2, -0.15) is 0 Å². The van der Waals surface area contributed by atoms with Crippen LogP contribution in [0.25, 0.3) is 11.0 Å². The second-order valence-corrected chi connectivity index (χ2v) is 4.39. The van der Waals surface area contributed by atoms with Crippen LogP contribution in [0.1, 0.15) is 5.56 Å². The van der Waals surface area contributed by atoms with Gasteiger partial charge in [-0.25, -0.2) is 4.39 Å². The number of furan rings is 1. The molecule has 0 amide bonds. The molecule has 0 saturated heterocycles. The number of rotatable bonds is 0. The van der Waals surface area contributed by atoms with E-state index in [0.717, 1.165) is 5.39 Å². The smallest absolute Gasteiger partial charge is 0.170 e. The summed E-state index contributed by atoms with van der Waals surface area (Å²) < 4.78 is 19.8. The van der Waals surface area contributed by atoms with Crippen LogP contribution in [0.5, 0.6) is 0 Å². The van der Waals surface area contributed by atoms with E-state index in [1.807, 2.05) is 0 Å². The number of fused-ring (bicyclic) bond motifs is 1. The molecule has 13 heavy (non-hydrogen) atoms. The molecule has 0 atom stereocenters. The fourth-order valence-electron chi connectivity index (χ4n) is 1.23. The minimum Gasteiger partial charge on any atom is -0.448 e. The maximum atomic E-state index is 13.2. The van der Waals surface area contributed by atoms with Crippen LogP contribution in [0.3, 0.4) is 0 Å². The van der Waals surface area contributed by atoms with E-state index in [2.05, 4.69) is 31.9 Å². The molecule has 0 aliphatic rings. The van der Waals surface area contributed by atoms with Gasteiger partial charge in [-0.3, -0.25) is 0 Å². The Bertz CT molecular complexity index is 476. The lowest BCUT2D eigenvalue weighted by atomic mass is 10.1. The van der Waals surface area contributed by atoms with Gasteiger partial charge in [0.15, 0.2) is 4.67 Å². The zero-order valence-corrected chi connectivity index (χ0v) is 9.87. The van der Waals surface area contributed by atoms with Crippen LogP contribution < -0.4 is 0 Å². The van der Waals surface area contributed by atoms with Crippen molar-refractivity contribution in [3.8, 4) is 0 Å². The Hall–Kier alpha value is -0.350. The fourth-order valence-corrected chi connectivity index (χ4v) is 2.12. The lowest BCUT2D eigenvalue weighted by molar-refractivity contribution is 0.582. The van der Waals surface area contributed by atoms with Gasteiger partial charge in [0.2, 0.25) is 0 Å². The van der Waals surface area contributed by atoms with E-state index in [4.69, 9.17) is 4.42 Å². The zero-order chi connectivity index (χ0) is 9.59. The maximum Gasteiger partial charge on any atom is 0.170 e. The average molecular weight is 308 g/mol. The van der Waals surface area contributed by atoms with Crippen molar-refractivity contribution >= 4 is 42.8 Å². The zero-order valence-electron chi connectivity index (χ0n) is 6.70. The van der Waals surface area contributed by atoms with Crippen LogP contribution in [-0.4, -0.2) is 0 Å². The van der Waals surface area contributed by atoms with E-state index >= 15 is 0 Å². The van der Waals surface area contributed by atoms with Crippen LogP contribution in [0, 0.1) is 12.7 Å². The molecule has 0 fully saturated rings. The molecular formula is C9H5Br2FO. The molecule has 0 aliphatic heterocycles. The van der Waals surface area contributed by atoms with Crippen LogP contribution in [0.2, 0.25) is 0 Å². The molecule has 1 nitrogen and oxygen atoms in total. The van der Waals surface area contributed by atoms with Gasteiger partial charge in [0.05, 0.1) is 4.47 Å². The van der Waals surface area contributed by atoms with Gasteiger partial charge in [-0.15, -0.1) is 0 Å². The summed E-state index contributed by atoms with van der Waals surface area (Å²) in [6.07, 6.45) is 0. The number of benzene rings is 1. The SMILES string of the molecule is Cc1c(F)cc(Br)c2oc(Br)cc12. The lowest BCUT2D eigenvalue weighted by Crippen LogP contribution is -1.82. The van der Waals surface area contributed by atoms with E-state index in [0.29, 0.717) is 20.3 Å². The van der Waals surface area contributed by atoms with Gasteiger partial charge < -0.3 is 4.42 Å². The summed E-state index contributed by atoms with van der Waals surface area (Å²) in [6, 6.07) is 3.17. The molecule has 68 valence electrons. The third kappa shape index (κ3) is 1.42. The fraction of sp³-hybridized carbons (Fsp3) is 0.111. The summed E-state index contributed by atoms with van der Waals surface area (Å²) in [4.78, 5) is 0. The van der Waals surface area contributed by atoms with Crippen LogP contribution in [-0.2, 0) is 0 Å². The molecule has 0 unspecified atom stereocenters. The van der Waals surface area contributed by atoms with Crippen molar-refractivity contribution in [1.29, 1.82) is 0 Å². The van der Waals surface area contributed by atoms with Crippen molar-refractivity contribution in [1.82, 2.24) is 0 Å². The van der Waals surface area contributed by atoms with E-state index in [1.165, 1.54) is 6.07 Å². The lowest BCUT2D eigenvalue weighted by Gasteiger charge is -1.98. The summed E-state index contributed by atoms with van der Waals surface area (Å²) in [5, 5.41) is 0.791. The highest BCUT2D eigenvalue weighted by Gasteiger charge is 2.11. The van der Waals surface area contributed by atoms with Gasteiger partial charge in [0.25, 0.3) is 0 Å². The Morgan fingerprint density at radius 1 is 1.31 bits per heavy atom. The first-order valence-electron chi connectivity index (χ1n) is 3.63. The molecule has 1 heterocycles. The Balaban J connectivity index is 2.95. The highest BCUT2D eigenvalue weighted by molar-refractivity contribution is 9.11. The van der Waals surface area contributed by atoms with Crippen LogP contribution >= 0.6 is 31.9 Å². The Labute approximate surface area is 91.2 Å². The molecular weight excluding hydrogens is 303 g/mol. The number of hydrogen-bond acceptors (Lipinski definition) is 1. The van der Waals surface area contributed by atoms with Gasteiger partial charge >= 0.3 is 0 Å². The van der Waals surface area contributed by atoms with Crippen molar-refractivity contribution in [2.45, 2.75) is 6.92 Å². The molecule has 2 rings (SSSR count). The molecule has 2 aromatic rings. The van der Waals surface area contributed by atoms with Gasteiger partial charge in [0.1, 0.15) is 11.4 Å². The van der Waals surface area contributed by atoms with Gasteiger partial charge in [0, 0.05) is 5.39 Å². The largest absolute Gasteiger partial charge is 0.448 e. The first-order valence-corrected chi connectivity index (χ1v) is 5.22. The second kappa shape index (κ2) is 3.10. The average Bonchev–Trinajstić information content (AvgIpc) is 2.44. The highest BCUT2D eigenvalue weighted by Crippen LogP contribution is 2.33. The van der Waals surface area contributed by atoms with Crippen molar-refractivity contribution < 1.29 is 8.81 Å². The first kappa shape index (κ1) is 9.21. The minimum atomic E-state index is -0.229. The molecule has 1 aromatic heterocycles. The summed E-state index contributed by atoms with van der Waals surface area (Å²) in [5.41, 5.74) is 1.28. The molecule has 0 saturated carbocycles. The first-order chi connectivity index (χ1) is 6.09. The van der Waals surface area contributed by atoms with E-state index in [1.54, 1.807) is 13.0 Å². The molecule has 0 spiro atoms. The third-order valence-corrected chi connectivity index (χ3v) is 2.91. The Kier molecular flexibility index (Phi) is 2.20. The van der Waals surface area contributed by atoms with Crippen molar-refractivity contribution in [3.63, 3.8) is 0 Å². The van der Waals surface area contributed by atoms with Gasteiger partial charge in [-0.1, -0.05) is 0 Å². The number of hydrogen-bond donors (Lipinski definition) is 0. The number of aryl methyl sites for hydroxylation is 1. The minimum absolute atomic E-state index is 0.229. The Morgan fingerprint density at radius 3 is 2.69 bits per heavy atom. The van der Waals surface area contributed by atoms with Crippen LogP contribution in [0.4, 0.5) is 4.39 Å². The molecule has 0 N–H and O–H groups in total. The molecule has 0 aliphatic carbocycles. The van der Waals surface area contributed by atoms with E-state index < -0.39 is 0 Å². The molecule has 4 heteroatoms. The Morgan fingerprint density at radius 2 is 2.00 bits per heavy atom. The predicted octanol–water partition coefficient (Wildman–Crippen LogP) is 4.41. The predicted molar refractivity (Wildman–Crippen MR) is 56.3 cm³/mol.